The molecule has 0 aliphatic heterocycles. The molecule has 3 nitrogen and oxygen atoms in total. The van der Waals surface area contributed by atoms with E-state index in [1.54, 1.807) is 7.11 Å². The molecule has 0 spiro atoms. The third-order valence-corrected chi connectivity index (χ3v) is 13.2. The van der Waals surface area contributed by atoms with Crippen molar-refractivity contribution in [3.8, 4) is 0 Å². The van der Waals surface area contributed by atoms with Gasteiger partial charge in [0.1, 0.15) is 0 Å². The van der Waals surface area contributed by atoms with E-state index >= 15 is 0 Å². The van der Waals surface area contributed by atoms with Crippen molar-refractivity contribution in [2.75, 3.05) is 7.11 Å². The van der Waals surface area contributed by atoms with Crippen molar-refractivity contribution in [1.29, 1.82) is 0 Å². The molecule has 102 valence electrons. The van der Waals surface area contributed by atoms with Crippen LogP contribution in [0.3, 0.4) is 0 Å². The van der Waals surface area contributed by atoms with Gasteiger partial charge in [0.2, 0.25) is 0 Å². The number of carbonyl (C=O) groups is 1. The number of hydrogen-bond acceptors (Lipinski definition) is 3. The Morgan fingerprint density at radius 3 is 1.88 bits per heavy atom. The zero-order chi connectivity index (χ0) is 13.1. The first-order chi connectivity index (χ1) is 8.14. The van der Waals surface area contributed by atoms with E-state index in [1.165, 1.54) is 0 Å². The van der Waals surface area contributed by atoms with E-state index in [4.69, 9.17) is 6.15 Å². The molecule has 0 aromatic rings. The summed E-state index contributed by atoms with van der Waals surface area (Å²) in [5.74, 6) is -0.0441. The van der Waals surface area contributed by atoms with Crippen molar-refractivity contribution in [2.45, 2.75) is 68.2 Å². The van der Waals surface area contributed by atoms with E-state index in [2.05, 4.69) is 13.8 Å². The zero-order valence-corrected chi connectivity index (χ0v) is 14.7. The van der Waals surface area contributed by atoms with E-state index in [-0.39, 0.29) is 5.97 Å². The topological polar surface area (TPSA) is 35.5 Å². The van der Waals surface area contributed by atoms with Crippen LogP contribution in [0, 0.1) is 0 Å². The molecule has 0 aliphatic carbocycles. The van der Waals surface area contributed by atoms with Gasteiger partial charge in [-0.15, -0.1) is 0 Å². The van der Waals surface area contributed by atoms with Gasteiger partial charge in [-0.1, -0.05) is 0 Å². The third kappa shape index (κ3) is 7.29. The summed E-state index contributed by atoms with van der Waals surface area (Å²) in [4.78, 5) is 11.7. The summed E-state index contributed by atoms with van der Waals surface area (Å²) < 4.78 is 13.5. The average molecular weight is 351 g/mol. The van der Waals surface area contributed by atoms with Gasteiger partial charge in [-0.05, 0) is 0 Å². The first-order valence-corrected chi connectivity index (χ1v) is 13.3. The monoisotopic (exact) mass is 352 g/mol. The fraction of sp³-hybridized carbons (Fsp3) is 0.923. The SMILES string of the molecule is CCC[CH2][Sn]([CH2]CCC)([O]C)[O]C(=O)CCC. The molecule has 4 heteroatoms. The van der Waals surface area contributed by atoms with Crippen LogP contribution in [-0.4, -0.2) is 32.3 Å². The molecular formula is C13H28O3Sn. The molecule has 0 heterocycles. The summed E-state index contributed by atoms with van der Waals surface area (Å²) in [6, 6.07) is 0. The fourth-order valence-corrected chi connectivity index (χ4v) is 11.1. The number of rotatable bonds is 10. The van der Waals surface area contributed by atoms with Gasteiger partial charge in [-0.3, -0.25) is 0 Å². The first-order valence-electron chi connectivity index (χ1n) is 6.91. The molecule has 0 rings (SSSR count). The molecule has 0 unspecified atom stereocenters. The van der Waals surface area contributed by atoms with Gasteiger partial charge >= 0.3 is 111 Å². The van der Waals surface area contributed by atoms with Crippen molar-refractivity contribution >= 4 is 25.2 Å². The summed E-state index contributed by atoms with van der Waals surface area (Å²) in [5.41, 5.74) is 0. The Hall–Kier alpha value is 0.229. The molecule has 0 aromatic heterocycles. The molecule has 0 aliphatic rings. The van der Waals surface area contributed by atoms with Crippen LogP contribution >= 0.6 is 0 Å². The predicted molar refractivity (Wildman–Crippen MR) is 73.2 cm³/mol. The number of hydrogen-bond donors (Lipinski definition) is 0. The molecular weight excluding hydrogens is 323 g/mol. The summed E-state index contributed by atoms with van der Waals surface area (Å²) in [5, 5.41) is 0. The van der Waals surface area contributed by atoms with E-state index in [9.17, 15) is 4.79 Å². The van der Waals surface area contributed by atoms with Crippen molar-refractivity contribution in [3.63, 3.8) is 0 Å². The summed E-state index contributed by atoms with van der Waals surface area (Å²) in [6.45, 7) is 6.34. The molecule has 0 atom stereocenters. The Labute approximate surface area is 111 Å². The minimum atomic E-state index is -3.07. The minimum absolute atomic E-state index is 0.0441. The molecule has 0 N–H and O–H groups in total. The standard InChI is InChI=1S/C4H8O2.2C4H9.CH3O.Sn/c1-2-3-4(5)6;2*1-3-4-2;1-2;/h2-3H2,1H3,(H,5,6);2*1,3-4H2,2H3;1H3;/q;;;-1;+2/p-1. The average Bonchev–Trinajstić information content (AvgIpc) is 2.33. The summed E-state index contributed by atoms with van der Waals surface area (Å²) >= 11 is -3.07. The van der Waals surface area contributed by atoms with Crippen LogP contribution in [0.2, 0.25) is 8.87 Å². The molecule has 0 saturated carbocycles. The second-order valence-electron chi connectivity index (χ2n) is 4.55. The van der Waals surface area contributed by atoms with Crippen molar-refractivity contribution in [3.05, 3.63) is 0 Å². The predicted octanol–water partition coefficient (Wildman–Crippen LogP) is 4.02. The second-order valence-corrected chi connectivity index (χ2v) is 14.3. The molecule has 0 aromatic carbocycles. The van der Waals surface area contributed by atoms with Crippen molar-refractivity contribution in [2.24, 2.45) is 0 Å². The maximum absolute atomic E-state index is 11.7. The van der Waals surface area contributed by atoms with Gasteiger partial charge in [0, 0.05) is 0 Å². The van der Waals surface area contributed by atoms with Gasteiger partial charge in [-0.2, -0.15) is 0 Å². The van der Waals surface area contributed by atoms with Crippen LogP contribution in [0.15, 0.2) is 0 Å². The molecule has 0 fully saturated rings. The van der Waals surface area contributed by atoms with Gasteiger partial charge in [0.25, 0.3) is 0 Å². The van der Waals surface area contributed by atoms with Gasteiger partial charge in [0.15, 0.2) is 0 Å². The summed E-state index contributed by atoms with van der Waals surface area (Å²) in [7, 11) is 1.74. The van der Waals surface area contributed by atoms with Crippen LogP contribution in [0.5, 0.6) is 0 Å². The Balaban J connectivity index is 4.47. The summed E-state index contributed by atoms with van der Waals surface area (Å²) in [6.07, 6.45) is 5.89. The van der Waals surface area contributed by atoms with Crippen molar-refractivity contribution in [1.82, 2.24) is 0 Å². The van der Waals surface area contributed by atoms with Crippen molar-refractivity contribution < 1.29 is 10.9 Å². The molecule has 0 radical (unpaired) electrons. The molecule has 0 amide bonds. The van der Waals surface area contributed by atoms with Crippen LogP contribution < -0.4 is 0 Å². The van der Waals surface area contributed by atoms with Gasteiger partial charge < -0.3 is 0 Å². The van der Waals surface area contributed by atoms with E-state index in [0.29, 0.717) is 6.42 Å². The van der Waals surface area contributed by atoms with Gasteiger partial charge in [-0.25, -0.2) is 0 Å². The van der Waals surface area contributed by atoms with E-state index in [0.717, 1.165) is 41.0 Å². The Morgan fingerprint density at radius 1 is 1.00 bits per heavy atom. The molecule has 0 bridgehead atoms. The van der Waals surface area contributed by atoms with Crippen LogP contribution in [-0.2, 0) is 10.9 Å². The number of carbonyl (C=O) groups excluding carboxylic acids is 1. The molecule has 17 heavy (non-hydrogen) atoms. The number of unbranched alkanes of at least 4 members (excludes halogenated alkanes) is 2. The van der Waals surface area contributed by atoms with Gasteiger partial charge in [0.05, 0.1) is 0 Å². The Bertz CT molecular complexity index is 199. The Kier molecular flexibility index (Phi) is 10.3. The second kappa shape index (κ2) is 10.2. The quantitative estimate of drug-likeness (QED) is 0.558. The first kappa shape index (κ1) is 17.2. The van der Waals surface area contributed by atoms with E-state index in [1.807, 2.05) is 6.92 Å². The van der Waals surface area contributed by atoms with Crippen LogP contribution in [0.4, 0.5) is 0 Å². The van der Waals surface area contributed by atoms with E-state index < -0.39 is 19.2 Å². The maximum atomic E-state index is 11.7. The normalized spacial score (nSPS) is 11.5. The zero-order valence-electron chi connectivity index (χ0n) is 11.9. The third-order valence-electron chi connectivity index (χ3n) is 2.95. The molecule has 0 saturated heterocycles. The Morgan fingerprint density at radius 2 is 1.53 bits per heavy atom. The fourth-order valence-electron chi connectivity index (χ4n) is 1.83. The van der Waals surface area contributed by atoms with Crippen LogP contribution in [0.1, 0.15) is 59.3 Å². The van der Waals surface area contributed by atoms with Crippen LogP contribution in [0.25, 0.3) is 0 Å².